The van der Waals surface area contributed by atoms with Crippen molar-refractivity contribution < 1.29 is 9.47 Å². The van der Waals surface area contributed by atoms with E-state index >= 15 is 0 Å². The second-order valence-corrected chi connectivity index (χ2v) is 6.85. The summed E-state index contributed by atoms with van der Waals surface area (Å²) in [6.45, 7) is 3.56. The highest BCUT2D eigenvalue weighted by Gasteiger charge is 2.10. The Labute approximate surface area is 160 Å². The fraction of sp³-hybridized carbons (Fsp3) is 0.318. The van der Waals surface area contributed by atoms with Gasteiger partial charge in [-0.05, 0) is 42.3 Å². The molecule has 0 aliphatic heterocycles. The first kappa shape index (κ1) is 19.0. The number of hydrogen-bond acceptors (Lipinski definition) is 5. The molecule has 3 rings (SSSR count). The molecule has 0 saturated heterocycles. The lowest BCUT2D eigenvalue weighted by Crippen LogP contribution is -2.18. The van der Waals surface area contributed by atoms with E-state index in [1.807, 2.05) is 32.3 Å². The zero-order valence-electron chi connectivity index (χ0n) is 16.7. The van der Waals surface area contributed by atoms with Crippen LogP contribution >= 0.6 is 0 Å². The molecule has 0 spiro atoms. The molecular formula is C22H27N3O2. The van der Waals surface area contributed by atoms with Gasteiger partial charge in [0.05, 0.1) is 19.7 Å². The molecule has 1 heterocycles. The van der Waals surface area contributed by atoms with Crippen LogP contribution in [0.4, 0.5) is 5.82 Å². The molecule has 0 bridgehead atoms. The lowest BCUT2D eigenvalue weighted by Gasteiger charge is -2.18. The summed E-state index contributed by atoms with van der Waals surface area (Å²) in [6, 6.07) is 14.6. The van der Waals surface area contributed by atoms with E-state index in [-0.39, 0.29) is 0 Å². The zero-order valence-corrected chi connectivity index (χ0v) is 16.7. The molecule has 0 radical (unpaired) electrons. The van der Waals surface area contributed by atoms with E-state index < -0.39 is 0 Å². The summed E-state index contributed by atoms with van der Waals surface area (Å²) in [5, 5.41) is 4.68. The Hall–Kier alpha value is -2.79. The molecule has 0 aliphatic rings. The average Bonchev–Trinajstić information content (AvgIpc) is 2.67. The van der Waals surface area contributed by atoms with Crippen LogP contribution in [0.3, 0.4) is 0 Å². The summed E-state index contributed by atoms with van der Waals surface area (Å²) in [4.78, 5) is 6.93. The van der Waals surface area contributed by atoms with Gasteiger partial charge in [0.15, 0.2) is 11.5 Å². The molecule has 0 fully saturated rings. The molecule has 3 aromatic rings. The van der Waals surface area contributed by atoms with Gasteiger partial charge >= 0.3 is 0 Å². The van der Waals surface area contributed by atoms with Crippen LogP contribution in [0.1, 0.15) is 16.7 Å². The van der Waals surface area contributed by atoms with Gasteiger partial charge < -0.3 is 19.7 Å². The van der Waals surface area contributed by atoms with E-state index in [0.717, 1.165) is 46.9 Å². The van der Waals surface area contributed by atoms with Gasteiger partial charge in [-0.3, -0.25) is 0 Å². The van der Waals surface area contributed by atoms with Crippen LogP contribution < -0.4 is 19.7 Å². The van der Waals surface area contributed by atoms with Crippen molar-refractivity contribution in [1.82, 2.24) is 10.3 Å². The van der Waals surface area contributed by atoms with Gasteiger partial charge in [-0.15, -0.1) is 0 Å². The quantitative estimate of drug-likeness (QED) is 0.688. The summed E-state index contributed by atoms with van der Waals surface area (Å²) in [7, 11) is 7.36. The summed E-state index contributed by atoms with van der Waals surface area (Å²) >= 11 is 0. The molecule has 5 heteroatoms. The van der Waals surface area contributed by atoms with E-state index in [9.17, 15) is 0 Å². The Bertz CT molecular complexity index is 938. The van der Waals surface area contributed by atoms with Gasteiger partial charge in [0.2, 0.25) is 0 Å². The second-order valence-electron chi connectivity index (χ2n) is 6.85. The van der Waals surface area contributed by atoms with E-state index in [1.165, 1.54) is 11.1 Å². The number of methoxy groups -OCH3 is 2. The number of anilines is 1. The summed E-state index contributed by atoms with van der Waals surface area (Å²) in [6.07, 6.45) is 0. The molecule has 1 aromatic heterocycles. The number of aromatic nitrogens is 1. The fourth-order valence-corrected chi connectivity index (χ4v) is 3.16. The minimum absolute atomic E-state index is 0.735. The topological polar surface area (TPSA) is 46.6 Å². The highest BCUT2D eigenvalue weighted by atomic mass is 16.5. The number of fused-ring (bicyclic) bond motifs is 1. The first-order valence-electron chi connectivity index (χ1n) is 9.01. The highest BCUT2D eigenvalue weighted by Crippen LogP contribution is 2.28. The first-order chi connectivity index (χ1) is 13.0. The molecule has 0 saturated carbocycles. The van der Waals surface area contributed by atoms with E-state index in [1.54, 1.807) is 14.2 Å². The molecule has 0 atom stereocenters. The van der Waals surface area contributed by atoms with Gasteiger partial charge in [-0.25, -0.2) is 4.98 Å². The SMILES string of the molecule is COc1ccc(CNCc2cc3ccc(C)cc3nc2N(C)C)cc1OC. The largest absolute Gasteiger partial charge is 0.493 e. The number of pyridine rings is 1. The Morgan fingerprint density at radius 2 is 1.70 bits per heavy atom. The van der Waals surface area contributed by atoms with Crippen molar-refractivity contribution in [3.05, 3.63) is 59.2 Å². The predicted molar refractivity (Wildman–Crippen MR) is 111 cm³/mol. The van der Waals surface area contributed by atoms with Crippen molar-refractivity contribution in [2.24, 2.45) is 0 Å². The smallest absolute Gasteiger partial charge is 0.161 e. The van der Waals surface area contributed by atoms with Crippen LogP contribution in [0.2, 0.25) is 0 Å². The van der Waals surface area contributed by atoms with Gasteiger partial charge in [-0.2, -0.15) is 0 Å². The Morgan fingerprint density at radius 1 is 0.926 bits per heavy atom. The number of nitrogens with one attached hydrogen (secondary N) is 1. The van der Waals surface area contributed by atoms with Crippen LogP contribution in [0.15, 0.2) is 42.5 Å². The van der Waals surface area contributed by atoms with Crippen molar-refractivity contribution in [1.29, 1.82) is 0 Å². The van der Waals surface area contributed by atoms with Crippen LogP contribution in [-0.2, 0) is 13.1 Å². The minimum atomic E-state index is 0.735. The predicted octanol–water partition coefficient (Wildman–Crippen LogP) is 3.92. The van der Waals surface area contributed by atoms with Crippen LogP contribution in [0.5, 0.6) is 11.5 Å². The van der Waals surface area contributed by atoms with Crippen LogP contribution in [0.25, 0.3) is 10.9 Å². The van der Waals surface area contributed by atoms with Crippen molar-refractivity contribution in [2.45, 2.75) is 20.0 Å². The number of nitrogens with zero attached hydrogens (tertiary/aromatic N) is 2. The number of ether oxygens (including phenoxy) is 2. The normalized spacial score (nSPS) is 10.9. The number of hydrogen-bond donors (Lipinski definition) is 1. The maximum atomic E-state index is 5.38. The second kappa shape index (κ2) is 8.27. The summed E-state index contributed by atoms with van der Waals surface area (Å²) in [5.74, 6) is 2.48. The molecule has 1 N–H and O–H groups in total. The Morgan fingerprint density at radius 3 is 2.41 bits per heavy atom. The number of benzene rings is 2. The number of aryl methyl sites for hydroxylation is 1. The van der Waals surface area contributed by atoms with Crippen molar-refractivity contribution in [3.8, 4) is 11.5 Å². The van der Waals surface area contributed by atoms with Crippen LogP contribution in [0, 0.1) is 6.92 Å². The van der Waals surface area contributed by atoms with E-state index in [2.05, 4.69) is 41.4 Å². The lowest BCUT2D eigenvalue weighted by atomic mass is 10.1. The highest BCUT2D eigenvalue weighted by molar-refractivity contribution is 5.82. The van der Waals surface area contributed by atoms with Gasteiger partial charge in [-0.1, -0.05) is 18.2 Å². The number of rotatable bonds is 7. The summed E-state index contributed by atoms with van der Waals surface area (Å²) < 4.78 is 10.7. The van der Waals surface area contributed by atoms with Crippen molar-refractivity contribution in [3.63, 3.8) is 0 Å². The molecule has 0 amide bonds. The minimum Gasteiger partial charge on any atom is -0.493 e. The standard InChI is InChI=1S/C22H27N3O2/c1-15-6-8-17-12-18(22(25(2)3)24-19(17)10-15)14-23-13-16-7-9-20(26-4)21(11-16)27-5/h6-12,23H,13-14H2,1-5H3. The molecule has 0 unspecified atom stereocenters. The Kier molecular flexibility index (Phi) is 5.81. The maximum absolute atomic E-state index is 5.38. The van der Waals surface area contributed by atoms with Gasteiger partial charge in [0, 0.05) is 38.1 Å². The lowest BCUT2D eigenvalue weighted by molar-refractivity contribution is 0.354. The molecule has 5 nitrogen and oxygen atoms in total. The van der Waals surface area contributed by atoms with E-state index in [4.69, 9.17) is 14.5 Å². The molecule has 142 valence electrons. The average molecular weight is 365 g/mol. The van der Waals surface area contributed by atoms with Crippen LogP contribution in [-0.4, -0.2) is 33.3 Å². The third-order valence-electron chi connectivity index (χ3n) is 4.55. The first-order valence-corrected chi connectivity index (χ1v) is 9.01. The maximum Gasteiger partial charge on any atom is 0.161 e. The molecule has 27 heavy (non-hydrogen) atoms. The third-order valence-corrected chi connectivity index (χ3v) is 4.55. The van der Waals surface area contributed by atoms with Gasteiger partial charge in [0.1, 0.15) is 5.82 Å². The van der Waals surface area contributed by atoms with Gasteiger partial charge in [0.25, 0.3) is 0 Å². The summed E-state index contributed by atoms with van der Waals surface area (Å²) in [5.41, 5.74) is 4.57. The molecular weight excluding hydrogens is 338 g/mol. The molecule has 0 aliphatic carbocycles. The molecule has 2 aromatic carbocycles. The fourth-order valence-electron chi connectivity index (χ4n) is 3.16. The monoisotopic (exact) mass is 365 g/mol. The van der Waals surface area contributed by atoms with Crippen molar-refractivity contribution in [2.75, 3.05) is 33.2 Å². The zero-order chi connectivity index (χ0) is 19.4. The third kappa shape index (κ3) is 4.31. The Balaban J connectivity index is 1.78. The van der Waals surface area contributed by atoms with E-state index in [0.29, 0.717) is 0 Å². The van der Waals surface area contributed by atoms with Crippen molar-refractivity contribution >= 4 is 16.7 Å².